The summed E-state index contributed by atoms with van der Waals surface area (Å²) in [5.41, 5.74) is 8.83. The third-order valence-electron chi connectivity index (χ3n) is 8.15. The topological polar surface area (TPSA) is 46.2 Å². The van der Waals surface area contributed by atoms with Gasteiger partial charge in [0.2, 0.25) is 0 Å². The van der Waals surface area contributed by atoms with Gasteiger partial charge in [-0.2, -0.15) is 0 Å². The molecule has 0 aromatic rings. The van der Waals surface area contributed by atoms with Crippen molar-refractivity contribution in [2.75, 3.05) is 0 Å². The highest BCUT2D eigenvalue weighted by Gasteiger charge is 2.57. The lowest BCUT2D eigenvalue weighted by atomic mass is 9.48. The number of aliphatic hydroxyl groups excluding tert-OH is 1. The molecule has 0 heterocycles. The Hall–Kier alpha value is -0.340. The first-order chi connectivity index (χ1) is 9.95. The van der Waals surface area contributed by atoms with E-state index in [-0.39, 0.29) is 6.10 Å². The molecule has 4 rings (SSSR count). The summed E-state index contributed by atoms with van der Waals surface area (Å²) < 4.78 is 0. The summed E-state index contributed by atoms with van der Waals surface area (Å²) in [6, 6.07) is 0.426. The second kappa shape index (κ2) is 4.58. The van der Waals surface area contributed by atoms with Crippen LogP contribution in [0.2, 0.25) is 0 Å². The average molecular weight is 289 g/mol. The van der Waals surface area contributed by atoms with Gasteiger partial charge in [-0.05, 0) is 80.0 Å². The zero-order valence-electron chi connectivity index (χ0n) is 13.6. The highest BCUT2D eigenvalue weighted by atomic mass is 16.3. The molecule has 2 heteroatoms. The van der Waals surface area contributed by atoms with E-state index in [1.807, 2.05) is 0 Å². The molecule has 3 unspecified atom stereocenters. The maximum Gasteiger partial charge on any atom is 0.0577 e. The van der Waals surface area contributed by atoms with Gasteiger partial charge in [-0.25, -0.2) is 0 Å². The van der Waals surface area contributed by atoms with Gasteiger partial charge in [-0.3, -0.25) is 0 Å². The first-order valence-electron chi connectivity index (χ1n) is 9.08. The van der Waals surface area contributed by atoms with Crippen LogP contribution in [0.15, 0.2) is 11.6 Å². The Morgan fingerprint density at radius 2 is 1.90 bits per heavy atom. The number of hydrogen-bond donors (Lipinski definition) is 2. The van der Waals surface area contributed by atoms with Crippen molar-refractivity contribution in [3.8, 4) is 0 Å². The summed E-state index contributed by atoms with van der Waals surface area (Å²) in [5, 5.41) is 10.0. The first-order valence-corrected chi connectivity index (χ1v) is 9.08. The van der Waals surface area contributed by atoms with Crippen molar-refractivity contribution in [1.82, 2.24) is 0 Å². The molecule has 0 saturated heterocycles. The summed E-state index contributed by atoms with van der Waals surface area (Å²) in [6.45, 7) is 4.97. The van der Waals surface area contributed by atoms with Gasteiger partial charge in [-0.1, -0.05) is 25.5 Å². The fourth-order valence-corrected chi connectivity index (χ4v) is 6.68. The highest BCUT2D eigenvalue weighted by Crippen LogP contribution is 2.64. The van der Waals surface area contributed by atoms with E-state index in [2.05, 4.69) is 19.9 Å². The Labute approximate surface area is 129 Å². The number of allylic oxidation sites excluding steroid dienone is 1. The molecular weight excluding hydrogens is 258 g/mol. The molecule has 3 saturated carbocycles. The standard InChI is InChI=1S/C19H31NO/c1-18-9-7-13(21)11-12(18)3-4-14-15-5-6-17(20)19(15,2)10-8-16(14)18/h3,13-17,21H,4-11,20H2,1-2H3/t13-,14?,15?,16?,17-,18-,19-/m0/s1. The molecule has 2 nitrogen and oxygen atoms in total. The van der Waals surface area contributed by atoms with Crippen LogP contribution in [-0.2, 0) is 0 Å². The van der Waals surface area contributed by atoms with E-state index >= 15 is 0 Å². The monoisotopic (exact) mass is 289 g/mol. The predicted octanol–water partition coefficient (Wildman–Crippen LogP) is 3.64. The fraction of sp³-hybridized carbons (Fsp3) is 0.895. The normalized spacial score (nSPS) is 56.2. The Morgan fingerprint density at radius 1 is 1.10 bits per heavy atom. The molecule has 3 fully saturated rings. The largest absolute Gasteiger partial charge is 0.393 e. The van der Waals surface area contributed by atoms with Crippen LogP contribution < -0.4 is 5.73 Å². The molecule has 4 aliphatic carbocycles. The summed E-state index contributed by atoms with van der Waals surface area (Å²) in [4.78, 5) is 0. The molecule has 21 heavy (non-hydrogen) atoms. The van der Waals surface area contributed by atoms with E-state index in [9.17, 15) is 5.11 Å². The smallest absolute Gasteiger partial charge is 0.0577 e. The van der Waals surface area contributed by atoms with Crippen LogP contribution in [-0.4, -0.2) is 17.3 Å². The van der Waals surface area contributed by atoms with Gasteiger partial charge < -0.3 is 10.8 Å². The molecule has 0 aromatic heterocycles. The Morgan fingerprint density at radius 3 is 2.71 bits per heavy atom. The van der Waals surface area contributed by atoms with Gasteiger partial charge in [0.25, 0.3) is 0 Å². The molecular formula is C19H31NO. The van der Waals surface area contributed by atoms with Crippen molar-refractivity contribution in [1.29, 1.82) is 0 Å². The van der Waals surface area contributed by atoms with Crippen LogP contribution >= 0.6 is 0 Å². The number of fused-ring (bicyclic) bond motifs is 5. The van der Waals surface area contributed by atoms with E-state index in [0.29, 0.717) is 16.9 Å². The van der Waals surface area contributed by atoms with Crippen molar-refractivity contribution < 1.29 is 5.11 Å². The molecule has 0 aromatic carbocycles. The third kappa shape index (κ3) is 1.84. The van der Waals surface area contributed by atoms with Crippen molar-refractivity contribution >= 4 is 0 Å². The molecule has 7 atom stereocenters. The maximum atomic E-state index is 10.0. The van der Waals surface area contributed by atoms with Crippen molar-refractivity contribution in [3.63, 3.8) is 0 Å². The second-order valence-corrected chi connectivity index (χ2v) is 8.88. The van der Waals surface area contributed by atoms with Crippen LogP contribution in [0, 0.1) is 28.6 Å². The lowest BCUT2D eigenvalue weighted by molar-refractivity contribution is -0.0401. The van der Waals surface area contributed by atoms with E-state index in [0.717, 1.165) is 30.6 Å². The van der Waals surface area contributed by atoms with E-state index < -0.39 is 0 Å². The SMILES string of the molecule is C[C@]12CC[C@H](O)CC1=CCC1C2CC[C@@]2(C)C1CC[C@@H]2N. The summed E-state index contributed by atoms with van der Waals surface area (Å²) in [6.07, 6.45) is 12.1. The maximum absolute atomic E-state index is 10.0. The third-order valence-corrected chi connectivity index (χ3v) is 8.15. The Balaban J connectivity index is 1.68. The summed E-state index contributed by atoms with van der Waals surface area (Å²) in [5.74, 6) is 2.53. The Kier molecular flexibility index (Phi) is 3.11. The fourth-order valence-electron chi connectivity index (χ4n) is 6.68. The van der Waals surface area contributed by atoms with E-state index in [1.54, 1.807) is 5.57 Å². The van der Waals surface area contributed by atoms with Crippen molar-refractivity contribution in [2.45, 2.75) is 77.4 Å². The van der Waals surface area contributed by atoms with E-state index in [4.69, 9.17) is 5.73 Å². The van der Waals surface area contributed by atoms with Gasteiger partial charge >= 0.3 is 0 Å². The van der Waals surface area contributed by atoms with Crippen LogP contribution in [0.1, 0.15) is 65.2 Å². The lowest BCUT2D eigenvalue weighted by Gasteiger charge is -2.57. The van der Waals surface area contributed by atoms with Crippen molar-refractivity contribution in [2.24, 2.45) is 34.3 Å². The Bertz CT molecular complexity index is 472. The van der Waals surface area contributed by atoms with Crippen molar-refractivity contribution in [3.05, 3.63) is 11.6 Å². The van der Waals surface area contributed by atoms with Crippen LogP contribution in [0.5, 0.6) is 0 Å². The zero-order chi connectivity index (χ0) is 14.8. The molecule has 0 amide bonds. The molecule has 0 radical (unpaired) electrons. The molecule has 3 N–H and O–H groups in total. The molecule has 118 valence electrons. The number of rotatable bonds is 0. The minimum Gasteiger partial charge on any atom is -0.393 e. The van der Waals surface area contributed by atoms with Gasteiger partial charge in [-0.15, -0.1) is 0 Å². The minimum atomic E-state index is -0.0883. The molecule has 0 aliphatic heterocycles. The molecule has 0 spiro atoms. The zero-order valence-corrected chi connectivity index (χ0v) is 13.6. The summed E-state index contributed by atoms with van der Waals surface area (Å²) >= 11 is 0. The number of hydrogen-bond acceptors (Lipinski definition) is 2. The minimum absolute atomic E-state index is 0.0883. The van der Waals surface area contributed by atoms with Gasteiger partial charge in [0.05, 0.1) is 6.10 Å². The number of nitrogens with two attached hydrogens (primary N) is 1. The second-order valence-electron chi connectivity index (χ2n) is 8.88. The van der Waals surface area contributed by atoms with Crippen LogP contribution in [0.3, 0.4) is 0 Å². The van der Waals surface area contributed by atoms with Gasteiger partial charge in [0, 0.05) is 6.04 Å². The van der Waals surface area contributed by atoms with Gasteiger partial charge in [0.15, 0.2) is 0 Å². The first kappa shape index (κ1) is 14.3. The lowest BCUT2D eigenvalue weighted by Crippen LogP contribution is -2.52. The highest BCUT2D eigenvalue weighted by molar-refractivity contribution is 5.25. The average Bonchev–Trinajstić information content (AvgIpc) is 2.76. The van der Waals surface area contributed by atoms with E-state index in [1.165, 1.54) is 38.5 Å². The van der Waals surface area contributed by atoms with Crippen LogP contribution in [0.4, 0.5) is 0 Å². The van der Waals surface area contributed by atoms with Crippen LogP contribution in [0.25, 0.3) is 0 Å². The predicted molar refractivity (Wildman–Crippen MR) is 85.7 cm³/mol. The summed E-state index contributed by atoms with van der Waals surface area (Å²) in [7, 11) is 0. The molecule has 0 bridgehead atoms. The van der Waals surface area contributed by atoms with Gasteiger partial charge in [0.1, 0.15) is 0 Å². The molecule has 4 aliphatic rings. The quantitative estimate of drug-likeness (QED) is 0.669. The number of aliphatic hydroxyl groups is 1.